The van der Waals surface area contributed by atoms with E-state index in [0.717, 1.165) is 6.42 Å². The highest BCUT2D eigenvalue weighted by Crippen LogP contribution is 2.26. The van der Waals surface area contributed by atoms with Crippen molar-refractivity contribution in [2.45, 2.75) is 26.4 Å². The zero-order chi connectivity index (χ0) is 19.6. The summed E-state index contributed by atoms with van der Waals surface area (Å²) >= 11 is 5.80. The maximum atomic E-state index is 12.1. The Hall–Kier alpha value is -2.73. The van der Waals surface area contributed by atoms with E-state index in [0.29, 0.717) is 28.8 Å². The van der Waals surface area contributed by atoms with Crippen LogP contribution in [0.3, 0.4) is 0 Å². The minimum absolute atomic E-state index is 0.328. The van der Waals surface area contributed by atoms with Gasteiger partial charge in [0.25, 0.3) is 5.91 Å². The molecule has 0 unspecified atom stereocenters. The minimum atomic E-state index is -0.969. The van der Waals surface area contributed by atoms with Crippen molar-refractivity contribution in [2.24, 2.45) is 0 Å². The molecular formula is C20H22ClNO5. The molecule has 0 bridgehead atoms. The van der Waals surface area contributed by atoms with E-state index in [4.69, 9.17) is 25.8 Å². The average molecular weight is 392 g/mol. The highest BCUT2D eigenvalue weighted by molar-refractivity contribution is 6.30. The molecule has 0 aliphatic rings. The summed E-state index contributed by atoms with van der Waals surface area (Å²) in [6.07, 6.45) is -0.111. The fourth-order valence-corrected chi connectivity index (χ4v) is 2.23. The highest BCUT2D eigenvalue weighted by atomic mass is 35.5. The van der Waals surface area contributed by atoms with Gasteiger partial charge in [0.2, 0.25) is 0 Å². The van der Waals surface area contributed by atoms with Gasteiger partial charge in [0.05, 0.1) is 6.61 Å². The Morgan fingerprint density at radius 1 is 1.04 bits per heavy atom. The monoisotopic (exact) mass is 391 g/mol. The first-order valence-corrected chi connectivity index (χ1v) is 8.98. The van der Waals surface area contributed by atoms with Crippen molar-refractivity contribution in [3.8, 4) is 11.5 Å². The molecule has 1 N–H and O–H groups in total. The molecule has 0 saturated heterocycles. The van der Waals surface area contributed by atoms with Gasteiger partial charge in [-0.25, -0.2) is 4.79 Å². The first-order chi connectivity index (χ1) is 13.0. The molecule has 27 heavy (non-hydrogen) atoms. The Labute approximate surface area is 163 Å². The van der Waals surface area contributed by atoms with Crippen molar-refractivity contribution in [1.82, 2.24) is 0 Å². The topological polar surface area (TPSA) is 73.9 Å². The zero-order valence-electron chi connectivity index (χ0n) is 15.2. The SMILES string of the molecule is CCCOc1ccccc1OCC(=O)O[C@@H](C)C(=O)Nc1ccc(Cl)cc1. The fraction of sp³-hybridized carbons (Fsp3) is 0.300. The molecule has 144 valence electrons. The quantitative estimate of drug-likeness (QED) is 0.652. The van der Waals surface area contributed by atoms with Crippen molar-refractivity contribution in [3.63, 3.8) is 0 Å². The molecule has 0 saturated carbocycles. The second kappa shape index (κ2) is 10.4. The second-order valence-corrected chi connectivity index (χ2v) is 6.15. The van der Waals surface area contributed by atoms with E-state index in [1.54, 1.807) is 42.5 Å². The summed E-state index contributed by atoms with van der Waals surface area (Å²) in [5.41, 5.74) is 0.561. The van der Waals surface area contributed by atoms with Crippen molar-refractivity contribution in [2.75, 3.05) is 18.5 Å². The molecule has 0 heterocycles. The van der Waals surface area contributed by atoms with Gasteiger partial charge in [0.15, 0.2) is 24.2 Å². The Morgan fingerprint density at radius 2 is 1.67 bits per heavy atom. The van der Waals surface area contributed by atoms with E-state index in [9.17, 15) is 9.59 Å². The first-order valence-electron chi connectivity index (χ1n) is 8.60. The lowest BCUT2D eigenvalue weighted by molar-refractivity contribution is -0.155. The van der Waals surface area contributed by atoms with Crippen LogP contribution in [0.4, 0.5) is 5.69 Å². The number of carbonyl (C=O) groups is 2. The van der Waals surface area contributed by atoms with E-state index in [1.165, 1.54) is 6.92 Å². The number of anilines is 1. The van der Waals surface area contributed by atoms with Crippen LogP contribution >= 0.6 is 11.6 Å². The molecule has 1 amide bonds. The lowest BCUT2D eigenvalue weighted by Crippen LogP contribution is -2.31. The van der Waals surface area contributed by atoms with E-state index in [1.807, 2.05) is 13.0 Å². The molecule has 7 heteroatoms. The number of hydrogen-bond donors (Lipinski definition) is 1. The van der Waals surface area contributed by atoms with Crippen molar-refractivity contribution < 1.29 is 23.8 Å². The van der Waals surface area contributed by atoms with Crippen molar-refractivity contribution in [3.05, 3.63) is 53.6 Å². The summed E-state index contributed by atoms with van der Waals surface area (Å²) in [5, 5.41) is 3.21. The number of esters is 1. The predicted octanol–water partition coefficient (Wildman–Crippen LogP) is 4.08. The number of carbonyl (C=O) groups excluding carboxylic acids is 2. The molecule has 1 atom stereocenters. The summed E-state index contributed by atoms with van der Waals surface area (Å²) in [4.78, 5) is 24.1. The summed E-state index contributed by atoms with van der Waals surface area (Å²) in [7, 11) is 0. The zero-order valence-corrected chi connectivity index (χ0v) is 16.0. The molecule has 0 aliphatic heterocycles. The molecule has 0 fully saturated rings. The lowest BCUT2D eigenvalue weighted by atomic mass is 10.3. The third kappa shape index (κ3) is 6.83. The molecule has 6 nitrogen and oxygen atoms in total. The third-order valence-corrected chi connectivity index (χ3v) is 3.70. The number of amides is 1. The number of rotatable bonds is 9. The first kappa shape index (κ1) is 20.6. The van der Waals surface area contributed by atoms with E-state index in [2.05, 4.69) is 5.32 Å². The molecule has 2 rings (SSSR count). The smallest absolute Gasteiger partial charge is 0.344 e. The number of halogens is 1. The number of benzene rings is 2. The van der Waals surface area contributed by atoms with Gasteiger partial charge in [-0.2, -0.15) is 0 Å². The van der Waals surface area contributed by atoms with Crippen LogP contribution < -0.4 is 14.8 Å². The second-order valence-electron chi connectivity index (χ2n) is 5.71. The van der Waals surface area contributed by atoms with Crippen molar-refractivity contribution in [1.29, 1.82) is 0 Å². The van der Waals surface area contributed by atoms with Crippen LogP contribution in [0, 0.1) is 0 Å². The highest BCUT2D eigenvalue weighted by Gasteiger charge is 2.18. The summed E-state index contributed by atoms with van der Waals surface area (Å²) in [5.74, 6) is -0.0988. The summed E-state index contributed by atoms with van der Waals surface area (Å²) < 4.78 is 16.1. The molecular weight excluding hydrogens is 370 g/mol. The Bertz CT molecular complexity index is 763. The van der Waals surface area contributed by atoms with Gasteiger partial charge >= 0.3 is 5.97 Å². The van der Waals surface area contributed by atoms with Gasteiger partial charge in [-0.15, -0.1) is 0 Å². The molecule has 2 aromatic carbocycles. The Kier molecular flexibility index (Phi) is 7.95. The predicted molar refractivity (Wildman–Crippen MR) is 103 cm³/mol. The van der Waals surface area contributed by atoms with Crippen LogP contribution in [0.1, 0.15) is 20.3 Å². The van der Waals surface area contributed by atoms with Crippen molar-refractivity contribution >= 4 is 29.2 Å². The number of nitrogens with one attached hydrogen (secondary N) is 1. The molecule has 0 aromatic heterocycles. The number of ether oxygens (including phenoxy) is 3. The van der Waals surface area contributed by atoms with E-state index >= 15 is 0 Å². The van der Waals surface area contributed by atoms with E-state index < -0.39 is 18.0 Å². The van der Waals surface area contributed by atoms with Gasteiger partial charge in [0.1, 0.15) is 0 Å². The van der Waals surface area contributed by atoms with Gasteiger partial charge in [-0.05, 0) is 49.7 Å². The van der Waals surface area contributed by atoms with Crippen LogP contribution in [0.2, 0.25) is 5.02 Å². The van der Waals surface area contributed by atoms with Crippen LogP contribution in [0.25, 0.3) is 0 Å². The van der Waals surface area contributed by atoms with Gasteiger partial charge < -0.3 is 19.5 Å². The molecule has 2 aromatic rings. The summed E-state index contributed by atoms with van der Waals surface area (Å²) in [6.45, 7) is 3.70. The van der Waals surface area contributed by atoms with E-state index in [-0.39, 0.29) is 6.61 Å². The normalized spacial score (nSPS) is 11.4. The minimum Gasteiger partial charge on any atom is -0.490 e. The largest absolute Gasteiger partial charge is 0.490 e. The van der Waals surface area contributed by atoms with Crippen LogP contribution in [0.5, 0.6) is 11.5 Å². The standard InChI is InChI=1S/C20H22ClNO5/c1-3-12-25-17-6-4-5-7-18(17)26-13-19(23)27-14(2)20(24)22-16-10-8-15(21)9-11-16/h4-11,14H,3,12-13H2,1-2H3,(H,22,24)/t14-/m0/s1. The van der Waals surface area contributed by atoms with Crippen LogP contribution in [-0.2, 0) is 14.3 Å². The number of para-hydroxylation sites is 2. The lowest BCUT2D eigenvalue weighted by Gasteiger charge is -2.15. The number of hydrogen-bond acceptors (Lipinski definition) is 5. The maximum Gasteiger partial charge on any atom is 0.344 e. The van der Waals surface area contributed by atoms with Gasteiger partial charge in [-0.3, -0.25) is 4.79 Å². The van der Waals surface area contributed by atoms with Gasteiger partial charge in [-0.1, -0.05) is 30.7 Å². The summed E-state index contributed by atoms with van der Waals surface area (Å²) in [6, 6.07) is 13.7. The molecule has 0 spiro atoms. The van der Waals surface area contributed by atoms with Crippen LogP contribution in [0.15, 0.2) is 48.5 Å². The fourth-order valence-electron chi connectivity index (χ4n) is 2.10. The van der Waals surface area contributed by atoms with Crippen LogP contribution in [-0.4, -0.2) is 31.2 Å². The molecule has 0 radical (unpaired) electrons. The Morgan fingerprint density at radius 3 is 2.30 bits per heavy atom. The Balaban J connectivity index is 1.82. The van der Waals surface area contributed by atoms with Gasteiger partial charge in [0, 0.05) is 10.7 Å². The third-order valence-electron chi connectivity index (χ3n) is 3.45. The maximum absolute atomic E-state index is 12.1. The average Bonchev–Trinajstić information content (AvgIpc) is 2.67. The molecule has 0 aliphatic carbocycles.